The molecule has 0 fully saturated rings. The molecule has 0 aliphatic carbocycles. The minimum atomic E-state index is -4.55. The smallest absolute Gasteiger partial charge is 0.323 e. The second-order valence-electron chi connectivity index (χ2n) is 3.99. The summed E-state index contributed by atoms with van der Waals surface area (Å²) < 4.78 is 21.5. The highest BCUT2D eigenvalue weighted by atomic mass is 31.2. The Kier molecular flexibility index (Phi) is 7.73. The summed E-state index contributed by atoms with van der Waals surface area (Å²) in [4.78, 5) is 55.3. The molecule has 0 bridgehead atoms. The van der Waals surface area contributed by atoms with E-state index in [0.29, 0.717) is 6.42 Å². The SMILES string of the molecule is O=NC(CCCCCC(N=O)P(=O)(O)O)P(=O)(O)O. The first-order chi connectivity index (χ1) is 8.62. The molecule has 4 N–H and O–H groups in total. The molecule has 0 aliphatic heterocycles. The van der Waals surface area contributed by atoms with Crippen LogP contribution < -0.4 is 0 Å². The zero-order chi connectivity index (χ0) is 15.1. The molecule has 0 saturated heterocycles. The topological polar surface area (TPSA) is 174 Å². The first-order valence-electron chi connectivity index (χ1n) is 5.38. The average molecular weight is 318 g/mol. The lowest BCUT2D eigenvalue weighted by atomic mass is 10.1. The third kappa shape index (κ3) is 7.61. The van der Waals surface area contributed by atoms with Gasteiger partial charge in [-0.15, -0.1) is 9.81 Å². The summed E-state index contributed by atoms with van der Waals surface area (Å²) in [5, 5.41) is 4.68. The van der Waals surface area contributed by atoms with Crippen LogP contribution in [0.2, 0.25) is 0 Å². The van der Waals surface area contributed by atoms with E-state index in [4.69, 9.17) is 19.6 Å². The Morgan fingerprint density at radius 2 is 1.05 bits per heavy atom. The van der Waals surface area contributed by atoms with Crippen molar-refractivity contribution in [3.63, 3.8) is 0 Å². The summed E-state index contributed by atoms with van der Waals surface area (Å²) in [5.41, 5.74) is 0. The van der Waals surface area contributed by atoms with Crippen molar-refractivity contribution in [2.45, 2.75) is 43.7 Å². The fourth-order valence-corrected chi connectivity index (χ4v) is 2.68. The first kappa shape index (κ1) is 18.5. The zero-order valence-electron chi connectivity index (χ0n) is 9.90. The minimum Gasteiger partial charge on any atom is -0.323 e. The summed E-state index contributed by atoms with van der Waals surface area (Å²) in [6, 6.07) is 0. The molecule has 2 atom stereocenters. The van der Waals surface area contributed by atoms with Crippen LogP contribution >= 0.6 is 15.2 Å². The van der Waals surface area contributed by atoms with Gasteiger partial charge in [-0.3, -0.25) is 9.13 Å². The molecule has 2 unspecified atom stereocenters. The van der Waals surface area contributed by atoms with E-state index in [1.165, 1.54) is 0 Å². The van der Waals surface area contributed by atoms with Crippen LogP contribution in [0, 0.1) is 9.81 Å². The van der Waals surface area contributed by atoms with E-state index < -0.39 is 26.8 Å². The average Bonchev–Trinajstić information content (AvgIpc) is 2.24. The second-order valence-corrected chi connectivity index (χ2v) is 7.54. The predicted octanol–water partition coefficient (Wildman–Crippen LogP) is 1.48. The van der Waals surface area contributed by atoms with Gasteiger partial charge in [-0.2, -0.15) is 0 Å². The van der Waals surface area contributed by atoms with E-state index >= 15 is 0 Å². The lowest BCUT2D eigenvalue weighted by Crippen LogP contribution is -2.06. The highest BCUT2D eigenvalue weighted by molar-refractivity contribution is 7.52. The molecule has 0 amide bonds. The lowest BCUT2D eigenvalue weighted by molar-refractivity contribution is 0.351. The molecule has 10 nitrogen and oxygen atoms in total. The van der Waals surface area contributed by atoms with Gasteiger partial charge in [0.15, 0.2) is 11.6 Å². The molecule has 0 rings (SSSR count). The summed E-state index contributed by atoms with van der Waals surface area (Å²) in [5.74, 6) is -3.21. The van der Waals surface area contributed by atoms with Crippen LogP contribution in [0.3, 0.4) is 0 Å². The predicted molar refractivity (Wildman–Crippen MR) is 66.3 cm³/mol. The molecule has 0 aromatic heterocycles. The maximum atomic E-state index is 10.8. The Balaban J connectivity index is 4.00. The molecule has 0 aromatic carbocycles. The van der Waals surface area contributed by atoms with Crippen LogP contribution in [-0.2, 0) is 9.13 Å². The molecule has 0 radical (unpaired) electrons. The first-order valence-corrected chi connectivity index (χ1v) is 8.74. The van der Waals surface area contributed by atoms with Crippen molar-refractivity contribution in [3.05, 3.63) is 9.81 Å². The van der Waals surface area contributed by atoms with Crippen molar-refractivity contribution in [3.8, 4) is 0 Å². The molecule has 112 valence electrons. The molecule has 19 heavy (non-hydrogen) atoms. The monoisotopic (exact) mass is 318 g/mol. The van der Waals surface area contributed by atoms with Crippen LogP contribution in [0.25, 0.3) is 0 Å². The van der Waals surface area contributed by atoms with Gasteiger partial charge in [-0.05, 0) is 12.8 Å². The van der Waals surface area contributed by atoms with Crippen molar-refractivity contribution in [1.82, 2.24) is 0 Å². The van der Waals surface area contributed by atoms with Crippen LogP contribution in [-0.4, -0.2) is 31.1 Å². The lowest BCUT2D eigenvalue weighted by Gasteiger charge is -2.12. The van der Waals surface area contributed by atoms with Crippen molar-refractivity contribution in [1.29, 1.82) is 0 Å². The standard InChI is InChI=1S/C7H16N2O8P2/c10-8-6(18(12,13)14)4-2-1-3-5-7(9-11)19(15,16)17/h6-7H,1-5H2,(H2,12,13,14)(H2,15,16,17). The fraction of sp³-hybridized carbons (Fsp3) is 1.00. The van der Waals surface area contributed by atoms with E-state index in [1.807, 2.05) is 0 Å². The third-order valence-electron chi connectivity index (χ3n) is 2.44. The maximum absolute atomic E-state index is 10.8. The van der Waals surface area contributed by atoms with Gasteiger partial charge in [0.05, 0.1) is 0 Å². The highest BCUT2D eigenvalue weighted by Crippen LogP contribution is 2.45. The number of rotatable bonds is 10. The van der Waals surface area contributed by atoms with Crippen molar-refractivity contribution in [2.75, 3.05) is 0 Å². The zero-order valence-corrected chi connectivity index (χ0v) is 11.7. The molecular weight excluding hydrogens is 302 g/mol. The van der Waals surface area contributed by atoms with Gasteiger partial charge in [0.1, 0.15) is 0 Å². The Bertz CT molecular complexity index is 355. The van der Waals surface area contributed by atoms with Crippen molar-refractivity contribution in [2.24, 2.45) is 10.4 Å². The van der Waals surface area contributed by atoms with Crippen LogP contribution in [0.15, 0.2) is 10.4 Å². The fourth-order valence-electron chi connectivity index (χ4n) is 1.40. The summed E-state index contributed by atoms with van der Waals surface area (Å²) in [7, 11) is -9.10. The van der Waals surface area contributed by atoms with Gasteiger partial charge >= 0.3 is 15.2 Å². The molecule has 0 aromatic rings. The number of hydrogen-bond donors (Lipinski definition) is 4. The number of hydrogen-bond acceptors (Lipinski definition) is 6. The second kappa shape index (κ2) is 7.94. The molecule has 12 heteroatoms. The van der Waals surface area contributed by atoms with Crippen molar-refractivity contribution >= 4 is 15.2 Å². The Morgan fingerprint density at radius 3 is 1.26 bits per heavy atom. The molecule has 0 saturated carbocycles. The van der Waals surface area contributed by atoms with Gasteiger partial charge in [-0.1, -0.05) is 29.6 Å². The highest BCUT2D eigenvalue weighted by Gasteiger charge is 2.30. The normalized spacial score (nSPS) is 15.8. The van der Waals surface area contributed by atoms with Gasteiger partial charge in [-0.25, -0.2) is 0 Å². The largest absolute Gasteiger partial charge is 0.353 e. The van der Waals surface area contributed by atoms with E-state index in [2.05, 4.69) is 10.4 Å². The van der Waals surface area contributed by atoms with E-state index in [0.717, 1.165) is 0 Å². The summed E-state index contributed by atoms with van der Waals surface area (Å²) in [6.45, 7) is 0. The van der Waals surface area contributed by atoms with Crippen LogP contribution in [0.1, 0.15) is 32.1 Å². The van der Waals surface area contributed by atoms with E-state index in [1.54, 1.807) is 0 Å². The summed E-state index contributed by atoms with van der Waals surface area (Å²) >= 11 is 0. The number of nitrogens with zero attached hydrogens (tertiary/aromatic N) is 2. The molecule has 0 spiro atoms. The van der Waals surface area contributed by atoms with Crippen LogP contribution in [0.5, 0.6) is 0 Å². The van der Waals surface area contributed by atoms with Gasteiger partial charge in [0.2, 0.25) is 0 Å². The number of nitroso groups, excluding NO2 is 2. The van der Waals surface area contributed by atoms with Gasteiger partial charge in [0.25, 0.3) is 0 Å². The Morgan fingerprint density at radius 1 is 0.737 bits per heavy atom. The van der Waals surface area contributed by atoms with Crippen LogP contribution in [0.4, 0.5) is 0 Å². The Labute approximate surface area is 108 Å². The molecule has 0 aliphatic rings. The molecular formula is C7H16N2O8P2. The van der Waals surface area contributed by atoms with Gasteiger partial charge in [0, 0.05) is 0 Å². The van der Waals surface area contributed by atoms with Crippen molar-refractivity contribution < 1.29 is 28.7 Å². The summed E-state index contributed by atoms with van der Waals surface area (Å²) in [6.07, 6.45) is 0.590. The maximum Gasteiger partial charge on any atom is 0.353 e. The quantitative estimate of drug-likeness (QED) is 0.266. The number of unbranched alkanes of at least 4 members (excludes halogenated alkanes) is 2. The van der Waals surface area contributed by atoms with Gasteiger partial charge < -0.3 is 19.6 Å². The Hall–Kier alpha value is -0.500. The third-order valence-corrected chi connectivity index (χ3v) is 4.70. The minimum absolute atomic E-state index is 0.122. The van der Waals surface area contributed by atoms with E-state index in [9.17, 15) is 18.9 Å². The molecule has 0 heterocycles. The van der Waals surface area contributed by atoms with E-state index in [-0.39, 0.29) is 25.7 Å².